The molecular weight excluding hydrogens is 271 g/mol. The van der Waals surface area contributed by atoms with Gasteiger partial charge in [-0.1, -0.05) is 0 Å². The zero-order chi connectivity index (χ0) is 14.8. The molecule has 0 aliphatic carbocycles. The van der Waals surface area contributed by atoms with Crippen LogP contribution in [0.1, 0.15) is 6.42 Å². The fourth-order valence-electron chi connectivity index (χ4n) is 1.73. The van der Waals surface area contributed by atoms with Gasteiger partial charge in [-0.15, -0.1) is 0 Å². The Hall–Kier alpha value is -2.04. The number of fused-ring (bicyclic) bond motifs is 1. The molecule has 2 aromatic heterocycles. The maximum absolute atomic E-state index is 13.8. The minimum Gasteiger partial charge on any atom is -0.393 e. The summed E-state index contributed by atoms with van der Waals surface area (Å²) in [4.78, 5) is 11.7. The highest BCUT2D eigenvalue weighted by Gasteiger charge is 2.28. The first-order valence-corrected chi connectivity index (χ1v) is 5.82. The Morgan fingerprint density at radius 3 is 2.65 bits per heavy atom. The molecule has 0 radical (unpaired) electrons. The molecule has 2 rings (SSSR count). The zero-order valence-corrected chi connectivity index (χ0v) is 10.5. The van der Waals surface area contributed by atoms with Crippen LogP contribution in [-0.4, -0.2) is 53.8 Å². The number of anilines is 2. The molecule has 0 bridgehead atoms. The Morgan fingerprint density at radius 1 is 1.35 bits per heavy atom. The minimum absolute atomic E-state index is 0.0436. The first-order chi connectivity index (χ1) is 9.53. The summed E-state index contributed by atoms with van der Waals surface area (Å²) in [6, 6.07) is 0. The average Bonchev–Trinajstić information content (AvgIpc) is 2.86. The van der Waals surface area contributed by atoms with Crippen molar-refractivity contribution in [2.75, 3.05) is 24.4 Å². The summed E-state index contributed by atoms with van der Waals surface area (Å²) in [5, 5.41) is 26.7. The van der Waals surface area contributed by atoms with Gasteiger partial charge in [-0.2, -0.15) is 9.97 Å². The third-order valence-electron chi connectivity index (χ3n) is 2.95. The summed E-state index contributed by atoms with van der Waals surface area (Å²) in [6.07, 6.45) is 1.26. The number of hydrogen-bond donors (Lipinski definition) is 5. The standard InChI is InChI=1S/C10H15FN6O3/c11-10(3-18,4-19)1-2-17-5-13-6-7(16-20)14-9(12)15-8(6)17/h5,18-20H,1-4H2,(H3,12,14,15,16). The van der Waals surface area contributed by atoms with Crippen molar-refractivity contribution in [3.8, 4) is 0 Å². The Balaban J connectivity index is 2.30. The molecule has 0 unspecified atom stereocenters. The van der Waals surface area contributed by atoms with Crippen LogP contribution in [0.25, 0.3) is 11.2 Å². The monoisotopic (exact) mass is 286 g/mol. The number of nitrogens with two attached hydrogens (primary N) is 1. The van der Waals surface area contributed by atoms with E-state index in [1.54, 1.807) is 0 Å². The van der Waals surface area contributed by atoms with Gasteiger partial charge >= 0.3 is 0 Å². The van der Waals surface area contributed by atoms with Crippen molar-refractivity contribution < 1.29 is 19.8 Å². The van der Waals surface area contributed by atoms with Gasteiger partial charge in [0.2, 0.25) is 5.95 Å². The lowest BCUT2D eigenvalue weighted by atomic mass is 10.0. The predicted molar refractivity (Wildman–Crippen MR) is 67.8 cm³/mol. The van der Waals surface area contributed by atoms with E-state index in [0.717, 1.165) is 0 Å². The smallest absolute Gasteiger partial charge is 0.224 e. The van der Waals surface area contributed by atoms with E-state index in [0.29, 0.717) is 5.65 Å². The van der Waals surface area contributed by atoms with Crippen LogP contribution in [0.4, 0.5) is 16.2 Å². The second kappa shape index (κ2) is 5.53. The number of rotatable bonds is 6. The predicted octanol–water partition coefficient (Wildman–Crippen LogP) is -0.707. The van der Waals surface area contributed by atoms with Crippen LogP contribution in [0.5, 0.6) is 0 Å². The number of hydrogen-bond acceptors (Lipinski definition) is 8. The second-order valence-corrected chi connectivity index (χ2v) is 4.37. The van der Waals surface area contributed by atoms with Crippen LogP contribution in [0.15, 0.2) is 6.33 Å². The normalized spacial score (nSPS) is 12.0. The topological polar surface area (TPSA) is 142 Å². The number of aliphatic hydroxyl groups excluding tert-OH is 2. The van der Waals surface area contributed by atoms with Gasteiger partial charge in [-0.3, -0.25) is 10.7 Å². The van der Waals surface area contributed by atoms with Gasteiger partial charge in [-0.25, -0.2) is 9.37 Å². The minimum atomic E-state index is -2.08. The highest BCUT2D eigenvalue weighted by molar-refractivity contribution is 5.83. The number of nitrogen functional groups attached to an aromatic ring is 1. The van der Waals surface area contributed by atoms with E-state index >= 15 is 0 Å². The van der Waals surface area contributed by atoms with Crippen molar-refractivity contribution in [2.24, 2.45) is 0 Å². The van der Waals surface area contributed by atoms with E-state index in [9.17, 15) is 4.39 Å². The molecule has 0 amide bonds. The maximum Gasteiger partial charge on any atom is 0.224 e. The third kappa shape index (κ3) is 2.61. The van der Waals surface area contributed by atoms with Gasteiger partial charge in [0.15, 0.2) is 22.7 Å². The summed E-state index contributed by atoms with van der Waals surface area (Å²) in [7, 11) is 0. The molecule has 9 nitrogen and oxygen atoms in total. The molecule has 0 saturated carbocycles. The van der Waals surface area contributed by atoms with Crippen molar-refractivity contribution in [3.63, 3.8) is 0 Å². The Labute approximate surface area is 112 Å². The first kappa shape index (κ1) is 14.4. The lowest BCUT2D eigenvalue weighted by Crippen LogP contribution is -2.33. The summed E-state index contributed by atoms with van der Waals surface area (Å²) < 4.78 is 15.3. The van der Waals surface area contributed by atoms with Gasteiger partial charge in [-0.05, 0) is 0 Å². The Bertz CT molecular complexity index is 600. The molecule has 0 aromatic carbocycles. The fraction of sp³-hybridized carbons (Fsp3) is 0.500. The van der Waals surface area contributed by atoms with Crippen LogP contribution in [-0.2, 0) is 6.54 Å². The first-order valence-electron chi connectivity index (χ1n) is 5.82. The number of nitrogens with one attached hydrogen (secondary N) is 1. The highest BCUT2D eigenvalue weighted by Crippen LogP contribution is 2.21. The summed E-state index contributed by atoms with van der Waals surface area (Å²) in [6.45, 7) is -1.44. The lowest BCUT2D eigenvalue weighted by Gasteiger charge is -2.20. The summed E-state index contributed by atoms with van der Waals surface area (Å²) >= 11 is 0. The summed E-state index contributed by atoms with van der Waals surface area (Å²) in [5.74, 6) is -0.0336. The lowest BCUT2D eigenvalue weighted by molar-refractivity contribution is 0.00683. The molecule has 10 heteroatoms. The van der Waals surface area contributed by atoms with E-state index in [1.165, 1.54) is 10.9 Å². The van der Waals surface area contributed by atoms with Crippen LogP contribution in [0.3, 0.4) is 0 Å². The van der Waals surface area contributed by atoms with Crippen LogP contribution in [0.2, 0.25) is 0 Å². The quantitative estimate of drug-likeness (QED) is 0.438. The molecule has 110 valence electrons. The number of imidazole rings is 1. The number of alkyl halides is 1. The molecule has 2 aromatic rings. The maximum atomic E-state index is 13.8. The number of halogens is 1. The Kier molecular flexibility index (Phi) is 3.97. The van der Waals surface area contributed by atoms with Crippen LogP contribution in [0, 0.1) is 0 Å². The third-order valence-corrected chi connectivity index (χ3v) is 2.95. The van der Waals surface area contributed by atoms with Crippen molar-refractivity contribution in [3.05, 3.63) is 6.33 Å². The summed E-state index contributed by atoms with van der Waals surface area (Å²) in [5.41, 5.74) is 5.87. The second-order valence-electron chi connectivity index (χ2n) is 4.37. The molecule has 0 aliphatic heterocycles. The van der Waals surface area contributed by atoms with E-state index < -0.39 is 18.9 Å². The molecule has 0 saturated heterocycles. The number of aliphatic hydroxyl groups is 2. The SMILES string of the molecule is Nc1nc(NO)c2ncn(CCC(F)(CO)CO)c2n1. The molecule has 20 heavy (non-hydrogen) atoms. The molecule has 6 N–H and O–H groups in total. The van der Waals surface area contributed by atoms with Crippen molar-refractivity contribution in [1.82, 2.24) is 19.5 Å². The van der Waals surface area contributed by atoms with Gasteiger partial charge in [0.1, 0.15) is 0 Å². The van der Waals surface area contributed by atoms with Gasteiger partial charge in [0.25, 0.3) is 0 Å². The zero-order valence-electron chi connectivity index (χ0n) is 10.5. The van der Waals surface area contributed by atoms with Crippen molar-refractivity contribution in [2.45, 2.75) is 18.6 Å². The fourth-order valence-corrected chi connectivity index (χ4v) is 1.73. The van der Waals surface area contributed by atoms with E-state index in [4.69, 9.17) is 21.2 Å². The Morgan fingerprint density at radius 2 is 2.05 bits per heavy atom. The molecule has 0 spiro atoms. The van der Waals surface area contributed by atoms with Crippen LogP contribution < -0.4 is 11.2 Å². The van der Waals surface area contributed by atoms with Crippen molar-refractivity contribution in [1.29, 1.82) is 0 Å². The number of aromatic nitrogens is 4. The van der Waals surface area contributed by atoms with E-state index in [1.807, 2.05) is 5.48 Å². The van der Waals surface area contributed by atoms with Gasteiger partial charge in [0.05, 0.1) is 19.5 Å². The molecule has 0 atom stereocenters. The molecule has 0 fully saturated rings. The number of nitrogens with zero attached hydrogens (tertiary/aromatic N) is 4. The van der Waals surface area contributed by atoms with Crippen LogP contribution >= 0.6 is 0 Å². The van der Waals surface area contributed by atoms with Gasteiger partial charge < -0.3 is 20.5 Å². The van der Waals surface area contributed by atoms with E-state index in [2.05, 4.69) is 15.0 Å². The van der Waals surface area contributed by atoms with Crippen molar-refractivity contribution >= 4 is 22.9 Å². The van der Waals surface area contributed by atoms with E-state index in [-0.39, 0.29) is 30.2 Å². The average molecular weight is 286 g/mol. The molecule has 2 heterocycles. The highest BCUT2D eigenvalue weighted by atomic mass is 19.1. The largest absolute Gasteiger partial charge is 0.393 e. The number of aryl methyl sites for hydroxylation is 1. The van der Waals surface area contributed by atoms with Gasteiger partial charge in [0, 0.05) is 13.0 Å². The molecule has 0 aliphatic rings. The molecular formula is C10H15FN6O3.